The third-order valence-electron chi connectivity index (χ3n) is 14.6. The summed E-state index contributed by atoms with van der Waals surface area (Å²) in [4.78, 5) is 32.7. The molecule has 0 saturated carbocycles. The number of unbranched alkanes of at least 4 members (excludes halogenated alkanes) is 14. The average Bonchev–Trinajstić information content (AvgIpc) is 3.97. The topological polar surface area (TPSA) is 237 Å². The first kappa shape index (κ1) is 75.0. The van der Waals surface area contributed by atoms with E-state index in [1.54, 1.807) is 6.07 Å². The number of carbonyl (C=O) groups is 3. The molecule has 0 radical (unpaired) electrons. The smallest absolute Gasteiger partial charge is 0.305 e. The van der Waals surface area contributed by atoms with Crippen molar-refractivity contribution in [2.45, 2.75) is 301 Å². The highest BCUT2D eigenvalue weighted by atomic mass is 16.6. The van der Waals surface area contributed by atoms with Crippen molar-refractivity contribution in [3.8, 4) is 0 Å². The summed E-state index contributed by atoms with van der Waals surface area (Å²) in [5, 5.41) is 42.7. The number of aldehydes is 1. The molecule has 5 saturated heterocycles. The van der Waals surface area contributed by atoms with Crippen LogP contribution in [0.25, 0.3) is 0 Å². The summed E-state index contributed by atoms with van der Waals surface area (Å²) in [6.45, 7) is 11.2. The molecule has 0 aromatic carbocycles. The Balaban J connectivity index is 0.000000549. The normalized spacial score (nSPS) is 24.2. The quantitative estimate of drug-likeness (QED) is 0.0137. The fourth-order valence-electron chi connectivity index (χ4n) is 9.53. The number of hydrogen-bond donors (Lipinski definition) is 5. The maximum absolute atomic E-state index is 11.9. The zero-order valence-corrected chi connectivity index (χ0v) is 50.7. The van der Waals surface area contributed by atoms with E-state index in [9.17, 15) is 14.4 Å². The standard InChI is InChI=1S/C25H44O5.C19H34O2.2C6H12O3.C6H6O3.C2H6/c1-3-5-9-12-21-23(29-21)17-24-22(30-24)13-10-7-6-8-11-14-25(26)27-18-20-16-15-19(4-2)28-20;1-3-4-5-6-7-8-9-10-11-12-13-14-15-16-17-18-19(20)21-2;3*7-3-5-1-2-6(4-8)9-5;1-2/h19-24H,3-18H2,1-2H3;7-8,10-11H,3-6,9,12-18H2,1-2H3;2*5-8H,1-4H2;1-3,8H,4H2;1-2H3/b;8-7-,11-10-;;;;. The molecule has 80 heavy (non-hydrogen) atoms. The van der Waals surface area contributed by atoms with Gasteiger partial charge >= 0.3 is 11.9 Å². The minimum absolute atomic E-state index is 0.0258. The van der Waals surface area contributed by atoms with Crippen molar-refractivity contribution >= 4 is 18.2 Å². The Hall–Kier alpha value is -3.03. The molecule has 5 N–H and O–H groups in total. The molecule has 1 aromatic rings. The fourth-order valence-corrected chi connectivity index (χ4v) is 9.53. The highest BCUT2D eigenvalue weighted by Gasteiger charge is 2.47. The number of rotatable bonds is 37. The van der Waals surface area contributed by atoms with E-state index in [1.165, 1.54) is 116 Å². The third-order valence-corrected chi connectivity index (χ3v) is 14.6. The number of allylic oxidation sites excluding steroid dienone is 4. The SMILES string of the molecule is CC.CCCCC/C=C\C/C=C\CCCCCCCC(=O)OC.CCCCCC1OC1CC1OC1CCCCCCCC(=O)OCC1CCC(CC)O1.O=Cc1ccc(CO)o1.OCC1CCC(CO)O1.OCC1CCC(CO)O1. The van der Waals surface area contributed by atoms with E-state index in [2.05, 4.69) is 49.8 Å². The summed E-state index contributed by atoms with van der Waals surface area (Å²) in [5.41, 5.74) is 0. The lowest BCUT2D eigenvalue weighted by atomic mass is 10.0. The van der Waals surface area contributed by atoms with E-state index in [0.717, 1.165) is 83.5 Å². The molecular formula is C64H114O16. The van der Waals surface area contributed by atoms with Gasteiger partial charge in [-0.3, -0.25) is 14.4 Å². The van der Waals surface area contributed by atoms with Gasteiger partial charge in [-0.1, -0.05) is 136 Å². The molecule has 10 atom stereocenters. The molecule has 10 unspecified atom stereocenters. The summed E-state index contributed by atoms with van der Waals surface area (Å²) in [7, 11) is 1.45. The van der Waals surface area contributed by atoms with Gasteiger partial charge in [-0.15, -0.1) is 0 Å². The lowest BCUT2D eigenvalue weighted by molar-refractivity contribution is -0.147. The van der Waals surface area contributed by atoms with Crippen LogP contribution < -0.4 is 0 Å². The molecule has 6 heterocycles. The molecule has 5 aliphatic rings. The minimum Gasteiger partial charge on any atom is -0.469 e. The summed E-state index contributed by atoms with van der Waals surface area (Å²) in [6.07, 6.45) is 46.3. The Morgan fingerprint density at radius 1 is 0.525 bits per heavy atom. The predicted octanol–water partition coefficient (Wildman–Crippen LogP) is 12.3. The summed E-state index contributed by atoms with van der Waals surface area (Å²) >= 11 is 0. The van der Waals surface area contributed by atoms with Crippen LogP contribution >= 0.6 is 0 Å². The average molecular weight is 1140 g/mol. The largest absolute Gasteiger partial charge is 0.469 e. The second-order valence-electron chi connectivity index (χ2n) is 21.3. The lowest BCUT2D eigenvalue weighted by Gasteiger charge is -2.12. The third kappa shape index (κ3) is 39.5. The number of carbonyl (C=O) groups excluding carboxylic acids is 3. The van der Waals surface area contributed by atoms with Gasteiger partial charge in [0, 0.05) is 19.3 Å². The van der Waals surface area contributed by atoms with Gasteiger partial charge in [0.2, 0.25) is 0 Å². The number of esters is 2. The second kappa shape index (κ2) is 51.6. The number of aliphatic hydroxyl groups is 5. The maximum Gasteiger partial charge on any atom is 0.305 e. The van der Waals surface area contributed by atoms with Crippen LogP contribution in [-0.2, 0) is 49.4 Å². The lowest BCUT2D eigenvalue weighted by Crippen LogP contribution is -2.19. The van der Waals surface area contributed by atoms with E-state index in [1.807, 2.05) is 13.8 Å². The molecule has 5 aliphatic heterocycles. The summed E-state index contributed by atoms with van der Waals surface area (Å²) in [5.74, 6) is 0.514. The van der Waals surface area contributed by atoms with E-state index in [4.69, 9.17) is 58.4 Å². The number of furan rings is 1. The zero-order chi connectivity index (χ0) is 58.9. The van der Waals surface area contributed by atoms with E-state index in [-0.39, 0.29) is 81.3 Å². The number of epoxide rings is 2. The van der Waals surface area contributed by atoms with Crippen molar-refractivity contribution < 1.29 is 77.5 Å². The van der Waals surface area contributed by atoms with Crippen molar-refractivity contribution in [3.05, 3.63) is 48.0 Å². The molecule has 16 nitrogen and oxygen atoms in total. The number of ether oxygens (including phenoxy) is 7. The van der Waals surface area contributed by atoms with Gasteiger partial charge in [-0.25, -0.2) is 0 Å². The fraction of sp³-hybridized carbons (Fsp3) is 0.828. The van der Waals surface area contributed by atoms with Gasteiger partial charge in [0.05, 0.1) is 94.6 Å². The second-order valence-corrected chi connectivity index (χ2v) is 21.3. The van der Waals surface area contributed by atoms with E-state index < -0.39 is 0 Å². The van der Waals surface area contributed by atoms with Crippen LogP contribution in [0.15, 0.2) is 40.9 Å². The van der Waals surface area contributed by atoms with Gasteiger partial charge in [-0.2, -0.15) is 0 Å². The van der Waals surface area contributed by atoms with Gasteiger partial charge < -0.3 is 63.1 Å². The Morgan fingerprint density at radius 3 is 1.40 bits per heavy atom. The number of hydrogen-bond acceptors (Lipinski definition) is 16. The van der Waals surface area contributed by atoms with E-state index >= 15 is 0 Å². The van der Waals surface area contributed by atoms with Gasteiger partial charge in [0.15, 0.2) is 12.0 Å². The molecule has 0 spiro atoms. The Bertz CT molecular complexity index is 1610. The summed E-state index contributed by atoms with van der Waals surface area (Å²) < 4.78 is 42.5. The molecule has 1 aromatic heterocycles. The van der Waals surface area contributed by atoms with Gasteiger partial charge in [0.25, 0.3) is 0 Å². The Morgan fingerprint density at radius 2 is 0.963 bits per heavy atom. The van der Waals surface area contributed by atoms with Crippen LogP contribution in [0.3, 0.4) is 0 Å². The van der Waals surface area contributed by atoms with Crippen LogP contribution in [-0.4, -0.2) is 145 Å². The van der Waals surface area contributed by atoms with Gasteiger partial charge in [-0.05, 0) is 115 Å². The highest BCUT2D eigenvalue weighted by Crippen LogP contribution is 2.39. The van der Waals surface area contributed by atoms with Crippen molar-refractivity contribution in [1.29, 1.82) is 0 Å². The Labute approximate surface area is 483 Å². The van der Waals surface area contributed by atoms with Crippen LogP contribution in [0.2, 0.25) is 0 Å². The van der Waals surface area contributed by atoms with Crippen LogP contribution in [0, 0.1) is 0 Å². The molecule has 466 valence electrons. The van der Waals surface area contributed by atoms with Crippen LogP contribution in [0.1, 0.15) is 250 Å². The predicted molar refractivity (Wildman–Crippen MR) is 314 cm³/mol. The van der Waals surface area contributed by atoms with E-state index in [0.29, 0.717) is 62.0 Å². The molecule has 0 amide bonds. The molecule has 6 rings (SSSR count). The number of aliphatic hydroxyl groups excluding tert-OH is 5. The highest BCUT2D eigenvalue weighted by molar-refractivity contribution is 5.70. The van der Waals surface area contributed by atoms with Crippen molar-refractivity contribution in [2.75, 3.05) is 40.1 Å². The monoisotopic (exact) mass is 1140 g/mol. The summed E-state index contributed by atoms with van der Waals surface area (Å²) in [6, 6.07) is 3.07. The van der Waals surface area contributed by atoms with Crippen molar-refractivity contribution in [2.24, 2.45) is 0 Å². The molecule has 16 heteroatoms. The number of methoxy groups -OCH3 is 1. The molecule has 0 bridgehead atoms. The van der Waals surface area contributed by atoms with Crippen LogP contribution in [0.4, 0.5) is 0 Å². The first-order valence-corrected chi connectivity index (χ1v) is 31.5. The van der Waals surface area contributed by atoms with Gasteiger partial charge in [0.1, 0.15) is 19.0 Å². The first-order valence-electron chi connectivity index (χ1n) is 31.5. The van der Waals surface area contributed by atoms with Crippen molar-refractivity contribution in [1.82, 2.24) is 0 Å². The first-order chi connectivity index (χ1) is 39.1. The minimum atomic E-state index is -0.159. The maximum atomic E-state index is 11.9. The van der Waals surface area contributed by atoms with Crippen molar-refractivity contribution in [3.63, 3.8) is 0 Å². The molecule has 5 fully saturated rings. The van der Waals surface area contributed by atoms with Crippen LogP contribution in [0.5, 0.6) is 0 Å². The molecule has 0 aliphatic carbocycles. The Kier molecular flexibility index (Phi) is 48.4. The zero-order valence-electron chi connectivity index (χ0n) is 50.7. The molecular weight excluding hydrogens is 1020 g/mol.